The molecule has 1 aliphatic carbocycles. The number of carbonyl (C=O) groups excluding carboxylic acids is 1. The van der Waals surface area contributed by atoms with Crippen molar-refractivity contribution in [1.82, 2.24) is 0 Å². The summed E-state index contributed by atoms with van der Waals surface area (Å²) in [6.45, 7) is 0. The molecule has 4 nitrogen and oxygen atoms in total. The van der Waals surface area contributed by atoms with E-state index in [1.165, 1.54) is 5.56 Å². The molecule has 2 aliphatic rings. The molecule has 0 saturated heterocycles. The average Bonchev–Trinajstić information content (AvgIpc) is 2.91. The summed E-state index contributed by atoms with van der Waals surface area (Å²) in [7, 11) is 0. The summed E-state index contributed by atoms with van der Waals surface area (Å²) in [5.41, 5.74) is 5.40. The molecule has 0 fully saturated rings. The monoisotopic (exact) mass is 382 g/mol. The third-order valence-corrected chi connectivity index (χ3v) is 5.83. The van der Waals surface area contributed by atoms with Gasteiger partial charge in [-0.25, -0.2) is 0 Å². The van der Waals surface area contributed by atoms with E-state index < -0.39 is 6.04 Å². The SMILES string of the molecule is O=C1CC(c2ccccc2)CC2=C1C(c1ccccc1O)Nc1ccccc1N2. The van der Waals surface area contributed by atoms with E-state index in [0.29, 0.717) is 12.0 Å². The highest BCUT2D eigenvalue weighted by Gasteiger charge is 2.36. The summed E-state index contributed by atoms with van der Waals surface area (Å²) in [4.78, 5) is 13.4. The number of phenols is 1. The first-order valence-electron chi connectivity index (χ1n) is 9.92. The van der Waals surface area contributed by atoms with Gasteiger partial charge in [0, 0.05) is 23.3 Å². The third-order valence-electron chi connectivity index (χ3n) is 5.83. The minimum atomic E-state index is -0.397. The fraction of sp³-hybridized carbons (Fsp3) is 0.160. The summed E-state index contributed by atoms with van der Waals surface area (Å²) >= 11 is 0. The summed E-state index contributed by atoms with van der Waals surface area (Å²) in [6.07, 6.45) is 1.22. The lowest BCUT2D eigenvalue weighted by Crippen LogP contribution is -2.26. The number of para-hydroxylation sites is 3. The Morgan fingerprint density at radius 2 is 1.48 bits per heavy atom. The second-order valence-electron chi connectivity index (χ2n) is 7.64. The normalized spacial score (nSPS) is 20.8. The number of hydrogen-bond donors (Lipinski definition) is 3. The lowest BCUT2D eigenvalue weighted by atomic mass is 9.78. The highest BCUT2D eigenvalue weighted by Crippen LogP contribution is 2.45. The molecule has 5 rings (SSSR count). The molecular formula is C25H22N2O2. The summed E-state index contributed by atoms with van der Waals surface area (Å²) in [5, 5.41) is 17.5. The molecule has 144 valence electrons. The van der Waals surface area contributed by atoms with Crippen LogP contribution in [0.5, 0.6) is 5.75 Å². The molecule has 0 radical (unpaired) electrons. The molecule has 4 heteroatoms. The van der Waals surface area contributed by atoms with Crippen molar-refractivity contribution in [2.75, 3.05) is 10.6 Å². The van der Waals surface area contributed by atoms with Crippen LogP contribution in [0.3, 0.4) is 0 Å². The Labute approximate surface area is 169 Å². The zero-order valence-electron chi connectivity index (χ0n) is 15.9. The van der Waals surface area contributed by atoms with Gasteiger partial charge in [0.05, 0.1) is 17.4 Å². The summed E-state index contributed by atoms with van der Waals surface area (Å²) in [5.74, 6) is 0.445. The van der Waals surface area contributed by atoms with E-state index in [0.717, 1.165) is 29.1 Å². The van der Waals surface area contributed by atoms with E-state index in [1.54, 1.807) is 12.1 Å². The molecule has 2 atom stereocenters. The number of fused-ring (bicyclic) bond motifs is 1. The van der Waals surface area contributed by atoms with Crippen molar-refractivity contribution in [3.63, 3.8) is 0 Å². The number of carbonyl (C=O) groups is 1. The molecular weight excluding hydrogens is 360 g/mol. The Balaban J connectivity index is 1.64. The van der Waals surface area contributed by atoms with Gasteiger partial charge in [-0.2, -0.15) is 0 Å². The van der Waals surface area contributed by atoms with Gasteiger partial charge in [0.1, 0.15) is 5.75 Å². The van der Waals surface area contributed by atoms with Gasteiger partial charge in [0.2, 0.25) is 0 Å². The van der Waals surface area contributed by atoms with Gasteiger partial charge < -0.3 is 15.7 Å². The number of phenolic OH excluding ortho intramolecular Hbond substituents is 1. The van der Waals surface area contributed by atoms with Crippen LogP contribution in [-0.4, -0.2) is 10.9 Å². The number of nitrogens with one attached hydrogen (secondary N) is 2. The van der Waals surface area contributed by atoms with E-state index in [2.05, 4.69) is 22.8 Å². The van der Waals surface area contributed by atoms with E-state index in [9.17, 15) is 9.90 Å². The van der Waals surface area contributed by atoms with E-state index in [1.807, 2.05) is 54.6 Å². The number of anilines is 2. The molecule has 3 aromatic carbocycles. The third kappa shape index (κ3) is 3.17. The quantitative estimate of drug-likeness (QED) is 0.557. The van der Waals surface area contributed by atoms with Crippen molar-refractivity contribution < 1.29 is 9.90 Å². The van der Waals surface area contributed by atoms with Gasteiger partial charge in [0.15, 0.2) is 5.78 Å². The van der Waals surface area contributed by atoms with Crippen molar-refractivity contribution >= 4 is 17.2 Å². The largest absolute Gasteiger partial charge is 0.508 e. The molecule has 0 amide bonds. The molecule has 1 heterocycles. The number of rotatable bonds is 2. The Morgan fingerprint density at radius 3 is 2.28 bits per heavy atom. The summed E-state index contributed by atoms with van der Waals surface area (Å²) in [6, 6.07) is 25.0. The van der Waals surface area contributed by atoms with Crippen LogP contribution in [0.15, 0.2) is 90.1 Å². The smallest absolute Gasteiger partial charge is 0.163 e. The first-order chi connectivity index (χ1) is 14.2. The molecule has 0 aromatic heterocycles. The maximum Gasteiger partial charge on any atom is 0.163 e. The van der Waals surface area contributed by atoms with Crippen LogP contribution in [0.1, 0.15) is 35.9 Å². The molecule has 0 saturated carbocycles. The van der Waals surface area contributed by atoms with Crippen molar-refractivity contribution in [3.05, 3.63) is 101 Å². The lowest BCUT2D eigenvalue weighted by molar-refractivity contribution is -0.116. The van der Waals surface area contributed by atoms with Gasteiger partial charge in [0.25, 0.3) is 0 Å². The Hall–Kier alpha value is -3.53. The van der Waals surface area contributed by atoms with Gasteiger partial charge in [-0.15, -0.1) is 0 Å². The van der Waals surface area contributed by atoms with Crippen LogP contribution in [0, 0.1) is 0 Å². The van der Waals surface area contributed by atoms with Crippen LogP contribution in [0.2, 0.25) is 0 Å². The molecule has 0 bridgehead atoms. The zero-order valence-corrected chi connectivity index (χ0v) is 15.9. The molecule has 3 aromatic rings. The second-order valence-corrected chi connectivity index (χ2v) is 7.64. The van der Waals surface area contributed by atoms with Crippen LogP contribution in [0.4, 0.5) is 11.4 Å². The lowest BCUT2D eigenvalue weighted by Gasteiger charge is -2.30. The van der Waals surface area contributed by atoms with E-state index >= 15 is 0 Å². The Bertz CT molecular complexity index is 1100. The van der Waals surface area contributed by atoms with Crippen molar-refractivity contribution in [1.29, 1.82) is 0 Å². The van der Waals surface area contributed by atoms with E-state index in [4.69, 9.17) is 0 Å². The van der Waals surface area contributed by atoms with Crippen molar-refractivity contribution in [2.24, 2.45) is 0 Å². The number of aromatic hydroxyl groups is 1. The minimum Gasteiger partial charge on any atom is -0.508 e. The van der Waals surface area contributed by atoms with Crippen LogP contribution < -0.4 is 10.6 Å². The molecule has 29 heavy (non-hydrogen) atoms. The fourth-order valence-corrected chi connectivity index (χ4v) is 4.42. The van der Waals surface area contributed by atoms with Gasteiger partial charge in [-0.1, -0.05) is 60.7 Å². The average molecular weight is 382 g/mol. The molecule has 0 spiro atoms. The number of Topliss-reactive ketones (excluding diaryl/α,β-unsaturated/α-hetero) is 1. The first-order valence-corrected chi connectivity index (χ1v) is 9.92. The summed E-state index contributed by atoms with van der Waals surface area (Å²) < 4.78 is 0. The molecule has 1 aliphatic heterocycles. The molecule has 3 N–H and O–H groups in total. The van der Waals surface area contributed by atoms with Crippen LogP contribution in [-0.2, 0) is 4.79 Å². The predicted molar refractivity (Wildman–Crippen MR) is 115 cm³/mol. The van der Waals surface area contributed by atoms with Crippen molar-refractivity contribution in [2.45, 2.75) is 24.8 Å². The maximum atomic E-state index is 13.4. The molecule has 2 unspecified atom stereocenters. The Morgan fingerprint density at radius 1 is 0.793 bits per heavy atom. The highest BCUT2D eigenvalue weighted by atomic mass is 16.3. The zero-order chi connectivity index (χ0) is 19.8. The predicted octanol–water partition coefficient (Wildman–Crippen LogP) is 5.37. The highest BCUT2D eigenvalue weighted by molar-refractivity contribution is 6.01. The number of hydrogen-bond acceptors (Lipinski definition) is 4. The Kier molecular flexibility index (Phi) is 4.32. The van der Waals surface area contributed by atoms with Crippen molar-refractivity contribution in [3.8, 4) is 5.75 Å². The number of ketones is 1. The van der Waals surface area contributed by atoms with Gasteiger partial charge in [-0.3, -0.25) is 4.79 Å². The van der Waals surface area contributed by atoms with E-state index in [-0.39, 0.29) is 17.5 Å². The van der Waals surface area contributed by atoms with Gasteiger partial charge >= 0.3 is 0 Å². The standard InChI is InChI=1S/C25H22N2O2/c28-22-13-7-4-10-18(22)25-24-21(26-19-11-5-6-12-20(19)27-25)14-17(15-23(24)29)16-8-2-1-3-9-16/h1-13,17,25-28H,14-15H2. The van der Waals surface area contributed by atoms with Crippen LogP contribution in [0.25, 0.3) is 0 Å². The number of benzene rings is 3. The first kappa shape index (κ1) is 17.6. The maximum absolute atomic E-state index is 13.4. The minimum absolute atomic E-state index is 0.112. The second kappa shape index (κ2) is 7.13. The fourth-order valence-electron chi connectivity index (χ4n) is 4.42. The number of allylic oxidation sites excluding steroid dienone is 1. The topological polar surface area (TPSA) is 61.4 Å². The van der Waals surface area contributed by atoms with Crippen LogP contribution >= 0.6 is 0 Å². The van der Waals surface area contributed by atoms with Gasteiger partial charge in [-0.05, 0) is 36.1 Å².